The number of ether oxygens (including phenoxy) is 1. The van der Waals surface area contributed by atoms with Gasteiger partial charge in [-0.05, 0) is 81.0 Å². The monoisotopic (exact) mass is 723 g/mol. The molecule has 3 heterocycles. The molecule has 1 N–H and O–H groups in total. The molecule has 2 saturated carbocycles. The van der Waals surface area contributed by atoms with Crippen LogP contribution in [0.2, 0.25) is 5.02 Å². The molecule has 5 atom stereocenters. The van der Waals surface area contributed by atoms with E-state index in [1.165, 1.54) is 11.3 Å². The number of aryl methyl sites for hydroxylation is 1. The highest BCUT2D eigenvalue weighted by Gasteiger charge is 2.61. The van der Waals surface area contributed by atoms with Crippen LogP contribution in [0, 0.1) is 17.3 Å². The molecular formula is C37H42ClN3O6S2. The van der Waals surface area contributed by atoms with Gasteiger partial charge >= 0.3 is 0 Å². The molecule has 2 aliphatic heterocycles. The van der Waals surface area contributed by atoms with Crippen molar-refractivity contribution in [3.63, 3.8) is 0 Å². The second kappa shape index (κ2) is 14.2. The van der Waals surface area contributed by atoms with Gasteiger partial charge in [-0.3, -0.25) is 19.1 Å². The number of carbonyl (C=O) groups excluding carboxylic acids is 3. The van der Waals surface area contributed by atoms with E-state index in [1.54, 1.807) is 11.0 Å². The predicted molar refractivity (Wildman–Crippen MR) is 190 cm³/mol. The van der Waals surface area contributed by atoms with Crippen molar-refractivity contribution in [2.75, 3.05) is 6.54 Å². The number of fused-ring (bicyclic) bond motifs is 3. The number of benzene rings is 2. The highest BCUT2D eigenvalue weighted by Crippen LogP contribution is 2.57. The molecule has 260 valence electrons. The zero-order chi connectivity index (χ0) is 34.2. The number of amides is 2. The number of thiazole rings is 1. The zero-order valence-electron chi connectivity index (χ0n) is 27.4. The summed E-state index contributed by atoms with van der Waals surface area (Å²) < 4.78 is 35.2. The Labute approximate surface area is 296 Å². The van der Waals surface area contributed by atoms with Crippen LogP contribution in [0.1, 0.15) is 76.2 Å². The number of aromatic nitrogens is 1. The number of carbonyl (C=O) groups is 3. The minimum atomic E-state index is -3.78. The fraction of sp³-hybridized carbons (Fsp3) is 0.514. The Kier molecular flexibility index (Phi) is 9.87. The van der Waals surface area contributed by atoms with E-state index >= 15 is 0 Å². The lowest BCUT2D eigenvalue weighted by Crippen LogP contribution is -2.46. The Hall–Kier alpha value is -3.28. The third-order valence-electron chi connectivity index (χ3n) is 10.6. The Morgan fingerprint density at radius 1 is 1.08 bits per heavy atom. The van der Waals surface area contributed by atoms with Crippen molar-refractivity contribution in [2.24, 2.45) is 17.3 Å². The third kappa shape index (κ3) is 7.73. The second-order valence-electron chi connectivity index (χ2n) is 14.1. The molecular weight excluding hydrogens is 682 g/mol. The van der Waals surface area contributed by atoms with Crippen molar-refractivity contribution in [1.82, 2.24) is 14.6 Å². The maximum Gasteiger partial charge on any atom is 0.274 e. The van der Waals surface area contributed by atoms with E-state index in [0.29, 0.717) is 35.9 Å². The van der Waals surface area contributed by atoms with Crippen LogP contribution >= 0.6 is 22.9 Å². The molecule has 12 heteroatoms. The van der Waals surface area contributed by atoms with E-state index in [1.807, 2.05) is 36.4 Å². The van der Waals surface area contributed by atoms with Crippen molar-refractivity contribution in [1.29, 1.82) is 0 Å². The molecule has 3 fully saturated rings. The number of sulfonamides is 1. The van der Waals surface area contributed by atoms with Crippen LogP contribution in [0.4, 0.5) is 0 Å². The predicted octanol–water partition coefficient (Wildman–Crippen LogP) is 6.64. The van der Waals surface area contributed by atoms with Gasteiger partial charge in [-0.1, -0.05) is 78.3 Å². The highest BCUT2D eigenvalue weighted by atomic mass is 35.5. The van der Waals surface area contributed by atoms with Crippen molar-refractivity contribution >= 4 is 60.8 Å². The molecule has 1 aromatic heterocycles. The van der Waals surface area contributed by atoms with Gasteiger partial charge in [-0.15, -0.1) is 0 Å². The van der Waals surface area contributed by atoms with E-state index in [2.05, 4.69) is 27.9 Å². The number of halogens is 1. The Balaban J connectivity index is 1.16. The van der Waals surface area contributed by atoms with Gasteiger partial charge in [-0.2, -0.15) is 0 Å². The van der Waals surface area contributed by atoms with Crippen LogP contribution in [0.3, 0.4) is 0 Å². The maximum absolute atomic E-state index is 14.5. The summed E-state index contributed by atoms with van der Waals surface area (Å²) in [5.74, 6) is -1.41. The molecule has 3 aromatic rings. The third-order valence-corrected chi connectivity index (χ3v) is 13.5. The SMILES string of the molecule is O=C1C[C@]2(C(=O)NS(=O)(=O)C3CC3)C[C@@H]2/C=C\CCCCC[C@H](CCc2ccccc2)C(=O)N2C[C@H](Oc3nc4ccc(Cl)cc4s3)C[C@@H]12. The summed E-state index contributed by atoms with van der Waals surface area (Å²) in [6.45, 7) is 0.229. The number of hydrogen-bond acceptors (Lipinski definition) is 8. The molecule has 49 heavy (non-hydrogen) atoms. The summed E-state index contributed by atoms with van der Waals surface area (Å²) in [7, 11) is -3.78. The molecule has 0 spiro atoms. The molecule has 7 rings (SSSR count). The summed E-state index contributed by atoms with van der Waals surface area (Å²) in [6.07, 6.45) is 11.0. The van der Waals surface area contributed by atoms with Crippen LogP contribution in [0.15, 0.2) is 60.7 Å². The fourth-order valence-corrected chi connectivity index (χ4v) is 10.00. The number of ketones is 1. The maximum atomic E-state index is 14.5. The lowest BCUT2D eigenvalue weighted by Gasteiger charge is -2.29. The molecule has 9 nitrogen and oxygen atoms in total. The topological polar surface area (TPSA) is 123 Å². The van der Waals surface area contributed by atoms with Crippen LogP contribution in [0.5, 0.6) is 5.19 Å². The fourth-order valence-electron chi connectivity index (χ4n) is 7.46. The van der Waals surface area contributed by atoms with Gasteiger partial charge in [-0.25, -0.2) is 13.4 Å². The van der Waals surface area contributed by atoms with E-state index in [4.69, 9.17) is 16.3 Å². The van der Waals surface area contributed by atoms with Crippen LogP contribution < -0.4 is 9.46 Å². The smallest absolute Gasteiger partial charge is 0.274 e. The number of Topliss-reactive ketones (excluding diaryl/α,β-unsaturated/α-hetero) is 1. The Bertz CT molecular complexity index is 1860. The van der Waals surface area contributed by atoms with Crippen molar-refractivity contribution in [3.05, 3.63) is 71.3 Å². The molecule has 1 saturated heterocycles. The van der Waals surface area contributed by atoms with Gasteiger partial charge in [0.15, 0.2) is 5.78 Å². The van der Waals surface area contributed by atoms with Gasteiger partial charge in [0.05, 0.1) is 33.5 Å². The first-order chi connectivity index (χ1) is 23.6. The molecule has 4 aliphatic rings. The van der Waals surface area contributed by atoms with Crippen molar-refractivity contribution in [2.45, 2.75) is 94.4 Å². The summed E-state index contributed by atoms with van der Waals surface area (Å²) in [5.41, 5.74) is 0.770. The minimum Gasteiger partial charge on any atom is -0.465 e. The summed E-state index contributed by atoms with van der Waals surface area (Å²) in [4.78, 5) is 48.9. The van der Waals surface area contributed by atoms with Gasteiger partial charge in [0, 0.05) is 23.8 Å². The van der Waals surface area contributed by atoms with Crippen LogP contribution in [-0.2, 0) is 30.8 Å². The van der Waals surface area contributed by atoms with Crippen molar-refractivity contribution in [3.8, 4) is 5.19 Å². The van der Waals surface area contributed by atoms with Gasteiger partial charge in [0.1, 0.15) is 6.10 Å². The number of hydrogen-bond donors (Lipinski definition) is 1. The molecule has 0 radical (unpaired) electrons. The standard InChI is InChI=1S/C37H42ClN3O6S2/c38-27-15-18-30-33(19-27)48-36(39-30)47-28-20-31-32(42)22-37(35(44)40-49(45,46)29-16-17-29)21-26(37)12-8-3-1-2-7-11-25(34(43)41(31)23-28)14-13-24-9-5-4-6-10-24/h4-6,8-10,12,15,18-19,25-26,28-29,31H,1-3,7,11,13-14,16-17,20-23H2,(H,40,44)/b12-8-/t25-,26+,28-,31+,37-/m1/s1. The first kappa shape index (κ1) is 34.2. The summed E-state index contributed by atoms with van der Waals surface area (Å²) >= 11 is 7.56. The molecule has 0 unspecified atom stereocenters. The summed E-state index contributed by atoms with van der Waals surface area (Å²) in [6, 6.07) is 14.8. The van der Waals surface area contributed by atoms with Gasteiger partial charge in [0.2, 0.25) is 21.8 Å². The number of nitrogens with one attached hydrogen (secondary N) is 1. The zero-order valence-corrected chi connectivity index (χ0v) is 29.8. The first-order valence-corrected chi connectivity index (χ1v) is 20.2. The second-order valence-corrected chi connectivity index (χ2v) is 17.5. The minimum absolute atomic E-state index is 0.0633. The quantitative estimate of drug-likeness (QED) is 0.259. The number of nitrogens with zero attached hydrogens (tertiary/aromatic N) is 2. The van der Waals surface area contributed by atoms with E-state index in [0.717, 1.165) is 54.3 Å². The van der Waals surface area contributed by atoms with Crippen molar-refractivity contribution < 1.29 is 27.5 Å². The largest absolute Gasteiger partial charge is 0.465 e. The lowest BCUT2D eigenvalue weighted by molar-refractivity contribution is -0.142. The summed E-state index contributed by atoms with van der Waals surface area (Å²) in [5, 5.41) is 0.494. The lowest BCUT2D eigenvalue weighted by atomic mass is 9.90. The normalized spacial score (nSPS) is 28.6. The number of allylic oxidation sites excluding steroid dienone is 2. The van der Waals surface area contributed by atoms with Crippen LogP contribution in [0.25, 0.3) is 10.2 Å². The first-order valence-electron chi connectivity index (χ1n) is 17.4. The molecule has 2 aliphatic carbocycles. The van der Waals surface area contributed by atoms with Gasteiger partial charge < -0.3 is 9.64 Å². The Morgan fingerprint density at radius 2 is 1.90 bits per heavy atom. The molecule has 2 aromatic carbocycles. The van der Waals surface area contributed by atoms with E-state index in [-0.39, 0.29) is 42.9 Å². The number of rotatable bonds is 8. The Morgan fingerprint density at radius 3 is 2.69 bits per heavy atom. The highest BCUT2D eigenvalue weighted by molar-refractivity contribution is 7.90. The molecule has 0 bridgehead atoms. The van der Waals surface area contributed by atoms with Gasteiger partial charge in [0.25, 0.3) is 5.19 Å². The van der Waals surface area contributed by atoms with E-state index < -0.39 is 38.7 Å². The van der Waals surface area contributed by atoms with E-state index in [9.17, 15) is 22.8 Å². The van der Waals surface area contributed by atoms with Crippen LogP contribution in [-0.4, -0.2) is 59.8 Å². The molecule has 2 amide bonds. The average Bonchev–Trinajstić information content (AvgIpc) is 3.97. The average molecular weight is 724 g/mol.